The molecule has 0 aliphatic heterocycles. The third kappa shape index (κ3) is 3.56. The average molecular weight is 227 g/mol. The van der Waals surface area contributed by atoms with Gasteiger partial charge in [-0.1, -0.05) is 0 Å². The fraction of sp³-hybridized carbons (Fsp3) is 0.500. The number of ether oxygens (including phenoxy) is 1. The van der Waals surface area contributed by atoms with Crippen molar-refractivity contribution in [3.63, 3.8) is 0 Å². The molecule has 0 saturated carbocycles. The summed E-state index contributed by atoms with van der Waals surface area (Å²) in [6.07, 6.45) is 2.00. The molecule has 1 aromatic rings. The Hall–Kier alpha value is -1.53. The zero-order valence-electron chi connectivity index (χ0n) is 9.19. The van der Waals surface area contributed by atoms with Crippen molar-refractivity contribution in [3.8, 4) is 0 Å². The lowest BCUT2D eigenvalue weighted by Crippen LogP contribution is -2.38. The standard InChI is InChI=1S/C10H17N3O3/c1-16-6-8(2-3-14)13-10(15)9-4-7(11)5-12-9/h4-5,8,12,14H,2-3,6,11H2,1H3,(H,13,15). The fourth-order valence-corrected chi connectivity index (χ4v) is 1.36. The van der Waals surface area contributed by atoms with Crippen LogP contribution >= 0.6 is 0 Å². The summed E-state index contributed by atoms with van der Waals surface area (Å²) in [4.78, 5) is 14.4. The normalized spacial score (nSPS) is 12.4. The Labute approximate surface area is 93.8 Å². The number of nitrogens with one attached hydrogen (secondary N) is 2. The molecule has 0 fully saturated rings. The van der Waals surface area contributed by atoms with Crippen LogP contribution < -0.4 is 11.1 Å². The molecule has 6 heteroatoms. The number of aliphatic hydroxyl groups excluding tert-OH is 1. The van der Waals surface area contributed by atoms with Crippen LogP contribution in [-0.2, 0) is 4.74 Å². The van der Waals surface area contributed by atoms with Crippen LogP contribution in [0.15, 0.2) is 12.3 Å². The molecule has 5 N–H and O–H groups in total. The van der Waals surface area contributed by atoms with E-state index in [1.807, 2.05) is 0 Å². The number of anilines is 1. The number of nitrogen functional groups attached to an aromatic ring is 1. The Bertz CT molecular complexity index is 332. The van der Waals surface area contributed by atoms with E-state index in [1.165, 1.54) is 0 Å². The number of methoxy groups -OCH3 is 1. The maximum Gasteiger partial charge on any atom is 0.268 e. The zero-order valence-corrected chi connectivity index (χ0v) is 9.19. The van der Waals surface area contributed by atoms with Crippen molar-refractivity contribution in [2.45, 2.75) is 12.5 Å². The van der Waals surface area contributed by atoms with E-state index in [9.17, 15) is 4.79 Å². The molecule has 90 valence electrons. The van der Waals surface area contributed by atoms with E-state index >= 15 is 0 Å². The monoisotopic (exact) mass is 227 g/mol. The van der Waals surface area contributed by atoms with E-state index in [2.05, 4.69) is 10.3 Å². The van der Waals surface area contributed by atoms with Crippen LogP contribution in [0.25, 0.3) is 0 Å². The molecule has 0 aromatic carbocycles. The van der Waals surface area contributed by atoms with Gasteiger partial charge in [-0.2, -0.15) is 0 Å². The van der Waals surface area contributed by atoms with Gasteiger partial charge in [0.05, 0.1) is 12.6 Å². The average Bonchev–Trinajstić information content (AvgIpc) is 2.65. The lowest BCUT2D eigenvalue weighted by Gasteiger charge is -2.16. The van der Waals surface area contributed by atoms with Crippen molar-refractivity contribution in [1.29, 1.82) is 0 Å². The number of H-pyrrole nitrogens is 1. The van der Waals surface area contributed by atoms with E-state index in [0.29, 0.717) is 24.4 Å². The van der Waals surface area contributed by atoms with Gasteiger partial charge in [0.2, 0.25) is 0 Å². The molecule has 1 heterocycles. The zero-order chi connectivity index (χ0) is 12.0. The Balaban J connectivity index is 2.54. The fourth-order valence-electron chi connectivity index (χ4n) is 1.36. The predicted molar refractivity (Wildman–Crippen MR) is 60.0 cm³/mol. The van der Waals surface area contributed by atoms with Crippen LogP contribution in [0.2, 0.25) is 0 Å². The number of rotatable bonds is 6. The van der Waals surface area contributed by atoms with Gasteiger partial charge in [-0.15, -0.1) is 0 Å². The third-order valence-corrected chi connectivity index (χ3v) is 2.13. The summed E-state index contributed by atoms with van der Waals surface area (Å²) in [5.74, 6) is -0.257. The molecule has 1 amide bonds. The molecule has 0 spiro atoms. The molecule has 6 nitrogen and oxygen atoms in total. The van der Waals surface area contributed by atoms with Crippen molar-refractivity contribution in [2.75, 3.05) is 26.1 Å². The molecule has 1 unspecified atom stereocenters. The summed E-state index contributed by atoms with van der Waals surface area (Å²) in [7, 11) is 1.54. The Morgan fingerprint density at radius 3 is 3.00 bits per heavy atom. The van der Waals surface area contributed by atoms with Gasteiger partial charge in [-0.05, 0) is 12.5 Å². The number of carbonyl (C=O) groups excluding carboxylic acids is 1. The lowest BCUT2D eigenvalue weighted by atomic mass is 10.2. The summed E-state index contributed by atoms with van der Waals surface area (Å²) in [5, 5.41) is 11.6. The Morgan fingerprint density at radius 1 is 1.75 bits per heavy atom. The van der Waals surface area contributed by atoms with Gasteiger partial charge in [0.1, 0.15) is 5.69 Å². The molecule has 1 atom stereocenters. The number of aromatic nitrogens is 1. The van der Waals surface area contributed by atoms with E-state index in [-0.39, 0.29) is 18.6 Å². The lowest BCUT2D eigenvalue weighted by molar-refractivity contribution is 0.0874. The summed E-state index contributed by atoms with van der Waals surface area (Å²) < 4.78 is 4.94. The number of carbonyl (C=O) groups is 1. The first kappa shape index (κ1) is 12.5. The maximum absolute atomic E-state index is 11.7. The van der Waals surface area contributed by atoms with E-state index in [1.54, 1.807) is 19.4 Å². The van der Waals surface area contributed by atoms with Crippen LogP contribution in [0.5, 0.6) is 0 Å². The molecule has 0 radical (unpaired) electrons. The second-order valence-corrected chi connectivity index (χ2v) is 3.48. The molecule has 0 saturated heterocycles. The quantitative estimate of drug-likeness (QED) is 0.537. The summed E-state index contributed by atoms with van der Waals surface area (Å²) >= 11 is 0. The molecule has 0 bridgehead atoms. The largest absolute Gasteiger partial charge is 0.397 e. The molecule has 0 aliphatic carbocycles. The number of aliphatic hydroxyl groups is 1. The van der Waals surface area contributed by atoms with Crippen molar-refractivity contribution in [1.82, 2.24) is 10.3 Å². The number of aromatic amines is 1. The van der Waals surface area contributed by atoms with Gasteiger partial charge < -0.3 is 25.9 Å². The molecular weight excluding hydrogens is 210 g/mol. The summed E-state index contributed by atoms with van der Waals surface area (Å²) in [5.41, 5.74) is 6.40. The van der Waals surface area contributed by atoms with Crippen molar-refractivity contribution < 1.29 is 14.6 Å². The molecule has 1 aromatic heterocycles. The summed E-state index contributed by atoms with van der Waals surface area (Å²) in [6, 6.07) is 1.35. The molecule has 16 heavy (non-hydrogen) atoms. The second kappa shape index (κ2) is 6.14. The molecule has 0 aliphatic rings. The molecular formula is C10H17N3O3. The van der Waals surface area contributed by atoms with Gasteiger partial charge in [-0.25, -0.2) is 0 Å². The van der Waals surface area contributed by atoms with E-state index in [4.69, 9.17) is 15.6 Å². The highest BCUT2D eigenvalue weighted by Gasteiger charge is 2.14. The van der Waals surface area contributed by atoms with Gasteiger partial charge in [0, 0.05) is 25.6 Å². The van der Waals surface area contributed by atoms with Gasteiger partial charge in [0.15, 0.2) is 0 Å². The van der Waals surface area contributed by atoms with Crippen molar-refractivity contribution in [2.24, 2.45) is 0 Å². The van der Waals surface area contributed by atoms with Crippen LogP contribution in [0, 0.1) is 0 Å². The second-order valence-electron chi connectivity index (χ2n) is 3.48. The first-order valence-electron chi connectivity index (χ1n) is 5.02. The number of hydrogen-bond donors (Lipinski definition) is 4. The predicted octanol–water partition coefficient (Wildman–Crippen LogP) is -0.276. The topological polar surface area (TPSA) is 100 Å². The first-order chi connectivity index (χ1) is 7.67. The van der Waals surface area contributed by atoms with Crippen LogP contribution in [0.4, 0.5) is 5.69 Å². The minimum absolute atomic E-state index is 0.00116. The Morgan fingerprint density at radius 2 is 2.50 bits per heavy atom. The number of amides is 1. The van der Waals surface area contributed by atoms with Crippen molar-refractivity contribution >= 4 is 11.6 Å². The molecule has 1 rings (SSSR count). The number of hydrogen-bond acceptors (Lipinski definition) is 4. The van der Waals surface area contributed by atoms with Crippen LogP contribution in [0.3, 0.4) is 0 Å². The van der Waals surface area contributed by atoms with Crippen molar-refractivity contribution in [3.05, 3.63) is 18.0 Å². The van der Waals surface area contributed by atoms with E-state index < -0.39 is 0 Å². The smallest absolute Gasteiger partial charge is 0.268 e. The third-order valence-electron chi connectivity index (χ3n) is 2.13. The van der Waals surface area contributed by atoms with Gasteiger partial charge in [-0.3, -0.25) is 4.79 Å². The Kier molecular flexibility index (Phi) is 4.81. The number of nitrogens with two attached hydrogens (primary N) is 1. The van der Waals surface area contributed by atoms with Crippen LogP contribution in [0.1, 0.15) is 16.9 Å². The minimum atomic E-state index is -0.257. The summed E-state index contributed by atoms with van der Waals surface area (Å²) in [6.45, 7) is 0.365. The van der Waals surface area contributed by atoms with Gasteiger partial charge >= 0.3 is 0 Å². The SMILES string of the molecule is COCC(CCO)NC(=O)c1cc(N)c[nH]1. The highest BCUT2D eigenvalue weighted by Crippen LogP contribution is 2.05. The highest BCUT2D eigenvalue weighted by atomic mass is 16.5. The highest BCUT2D eigenvalue weighted by molar-refractivity contribution is 5.93. The van der Waals surface area contributed by atoms with Crippen LogP contribution in [-0.4, -0.2) is 42.4 Å². The van der Waals surface area contributed by atoms with Gasteiger partial charge in [0.25, 0.3) is 5.91 Å². The first-order valence-corrected chi connectivity index (χ1v) is 5.02. The minimum Gasteiger partial charge on any atom is -0.397 e. The maximum atomic E-state index is 11.7. The van der Waals surface area contributed by atoms with E-state index in [0.717, 1.165) is 0 Å².